The highest BCUT2D eigenvalue weighted by Crippen LogP contribution is 2.38. The molecule has 0 spiro atoms. The predicted molar refractivity (Wildman–Crippen MR) is 109 cm³/mol. The van der Waals surface area contributed by atoms with Crippen molar-refractivity contribution in [3.63, 3.8) is 0 Å². The molecule has 1 aromatic carbocycles. The van der Waals surface area contributed by atoms with E-state index in [0.717, 1.165) is 12.1 Å². The first kappa shape index (κ1) is 20.9. The molecule has 1 aliphatic heterocycles. The van der Waals surface area contributed by atoms with Gasteiger partial charge in [-0.1, -0.05) is 0 Å². The fraction of sp³-hybridized carbons (Fsp3) is 0.167. The first-order chi connectivity index (χ1) is 14.8. The second-order valence-electron chi connectivity index (χ2n) is 6.29. The minimum absolute atomic E-state index is 0.106. The number of halogens is 5. The van der Waals surface area contributed by atoms with Crippen LogP contribution >= 0.6 is 11.9 Å². The highest BCUT2D eigenvalue weighted by molar-refractivity contribution is 8.00. The summed E-state index contributed by atoms with van der Waals surface area (Å²) in [6.07, 6.45) is -1.66. The molecule has 0 atom stereocenters. The van der Waals surface area contributed by atoms with Crippen molar-refractivity contribution in [3.8, 4) is 11.3 Å². The van der Waals surface area contributed by atoms with Gasteiger partial charge in [-0.25, -0.2) is 23.7 Å². The van der Waals surface area contributed by atoms with E-state index in [-0.39, 0.29) is 23.5 Å². The molecule has 0 unspecified atom stereocenters. The van der Waals surface area contributed by atoms with E-state index in [4.69, 9.17) is 0 Å². The minimum atomic E-state index is -4.43. The van der Waals surface area contributed by atoms with E-state index in [1.165, 1.54) is 12.5 Å². The number of anilines is 5. The molecular formula is C18H14F5N7S. The highest BCUT2D eigenvalue weighted by Gasteiger charge is 2.27. The molecule has 4 N–H and O–H groups in total. The molecule has 0 aliphatic carbocycles. The molecule has 0 radical (unpaired) electrons. The van der Waals surface area contributed by atoms with Crippen LogP contribution in [0.3, 0.4) is 0 Å². The van der Waals surface area contributed by atoms with Gasteiger partial charge in [-0.05, 0) is 36.2 Å². The molecule has 0 saturated carbocycles. The summed E-state index contributed by atoms with van der Waals surface area (Å²) in [6.45, 7) is 0.441. The van der Waals surface area contributed by atoms with Crippen LogP contribution in [0.1, 0.15) is 0 Å². The van der Waals surface area contributed by atoms with E-state index in [2.05, 4.69) is 35.6 Å². The number of nitrogens with zero attached hydrogens (tertiary/aromatic N) is 3. The number of nitrogens with one attached hydrogen (secondary N) is 4. The molecule has 0 saturated heterocycles. The van der Waals surface area contributed by atoms with Crippen LogP contribution in [0.25, 0.3) is 11.3 Å². The number of benzene rings is 1. The van der Waals surface area contributed by atoms with Crippen molar-refractivity contribution in [2.45, 2.75) is 6.18 Å². The second-order valence-corrected chi connectivity index (χ2v) is 7.07. The van der Waals surface area contributed by atoms with Crippen LogP contribution in [0.5, 0.6) is 0 Å². The van der Waals surface area contributed by atoms with Gasteiger partial charge in [-0.15, -0.1) is 0 Å². The summed E-state index contributed by atoms with van der Waals surface area (Å²) < 4.78 is 68.5. The maximum Gasteiger partial charge on any atom is 0.399 e. The molecule has 3 heterocycles. The Morgan fingerprint density at radius 1 is 1.06 bits per heavy atom. The van der Waals surface area contributed by atoms with Crippen LogP contribution in [-0.4, -0.2) is 33.5 Å². The number of rotatable bonds is 6. The summed E-state index contributed by atoms with van der Waals surface area (Å²) in [5.74, 6) is -2.58. The Kier molecular flexibility index (Phi) is 5.67. The van der Waals surface area contributed by atoms with Crippen molar-refractivity contribution in [3.05, 3.63) is 48.4 Å². The Bertz CT molecular complexity index is 1110. The Labute approximate surface area is 177 Å². The normalized spacial score (nSPS) is 12.7. The van der Waals surface area contributed by atoms with Crippen LogP contribution < -0.4 is 20.7 Å². The lowest BCUT2D eigenvalue weighted by atomic mass is 10.1. The third-order valence-corrected chi connectivity index (χ3v) is 5.02. The van der Waals surface area contributed by atoms with Gasteiger partial charge in [0.1, 0.15) is 40.8 Å². The van der Waals surface area contributed by atoms with Gasteiger partial charge in [0.15, 0.2) is 11.6 Å². The summed E-state index contributed by atoms with van der Waals surface area (Å²) >= 11 is 0.249. The van der Waals surface area contributed by atoms with E-state index in [1.807, 2.05) is 0 Å². The first-order valence-corrected chi connectivity index (χ1v) is 9.80. The molecule has 2 aromatic heterocycles. The second kappa shape index (κ2) is 8.41. The quantitative estimate of drug-likeness (QED) is 0.306. The van der Waals surface area contributed by atoms with E-state index in [1.54, 1.807) is 12.1 Å². The Balaban J connectivity index is 1.65. The average Bonchev–Trinajstić information content (AvgIpc) is 3.21. The number of hydrogen-bond donors (Lipinski definition) is 4. The maximum atomic E-state index is 14.9. The fourth-order valence-corrected chi connectivity index (χ4v) is 3.41. The number of pyridine rings is 1. The van der Waals surface area contributed by atoms with Gasteiger partial charge in [0, 0.05) is 11.8 Å². The Morgan fingerprint density at radius 3 is 2.71 bits per heavy atom. The molecule has 13 heteroatoms. The molecule has 1 aliphatic rings. The van der Waals surface area contributed by atoms with E-state index in [0.29, 0.717) is 29.4 Å². The topological polar surface area (TPSA) is 86.8 Å². The van der Waals surface area contributed by atoms with Gasteiger partial charge < -0.3 is 20.7 Å². The van der Waals surface area contributed by atoms with Crippen LogP contribution in [0.15, 0.2) is 36.8 Å². The van der Waals surface area contributed by atoms with Gasteiger partial charge in [0.25, 0.3) is 0 Å². The summed E-state index contributed by atoms with van der Waals surface area (Å²) in [5, 5.41) is 8.71. The standard InChI is InChI=1S/C18H14F5N7S/c19-10-3-4-11(30-31-6-18(21,22)23)12(20)14(10)29-16-9(2-1-5-24-16)13-15-17(27-7-25-13)28-8-26-15/h1-5,7,26,30H,6,8H2,(H,24,29)(H,25,27,28). The largest absolute Gasteiger partial charge is 0.399 e. The molecular weight excluding hydrogens is 441 g/mol. The molecule has 3 aromatic rings. The van der Waals surface area contributed by atoms with Gasteiger partial charge in [0.05, 0.1) is 12.4 Å². The Hall–Kier alpha value is -3.35. The lowest BCUT2D eigenvalue weighted by molar-refractivity contribution is -0.105. The summed E-state index contributed by atoms with van der Waals surface area (Å²) in [5.41, 5.74) is 0.652. The zero-order valence-corrected chi connectivity index (χ0v) is 16.3. The Morgan fingerprint density at radius 2 is 1.90 bits per heavy atom. The maximum absolute atomic E-state index is 14.9. The molecule has 162 valence electrons. The molecule has 0 amide bonds. The monoisotopic (exact) mass is 455 g/mol. The van der Waals surface area contributed by atoms with Crippen molar-refractivity contribution in [1.82, 2.24) is 15.0 Å². The van der Waals surface area contributed by atoms with E-state index in [9.17, 15) is 22.0 Å². The van der Waals surface area contributed by atoms with Gasteiger partial charge in [-0.2, -0.15) is 13.2 Å². The van der Waals surface area contributed by atoms with Gasteiger partial charge >= 0.3 is 6.18 Å². The lowest BCUT2D eigenvalue weighted by Gasteiger charge is -2.15. The average molecular weight is 455 g/mol. The summed E-state index contributed by atoms with van der Waals surface area (Å²) in [6, 6.07) is 5.26. The molecule has 4 rings (SSSR count). The number of hydrogen-bond acceptors (Lipinski definition) is 8. The third-order valence-electron chi connectivity index (χ3n) is 4.18. The number of alkyl halides is 3. The lowest BCUT2D eigenvalue weighted by Crippen LogP contribution is -2.12. The number of fused-ring (bicyclic) bond motifs is 1. The van der Waals surface area contributed by atoms with Gasteiger partial charge in [-0.3, -0.25) is 0 Å². The van der Waals surface area contributed by atoms with Crippen molar-refractivity contribution >= 4 is 40.6 Å². The van der Waals surface area contributed by atoms with Crippen LogP contribution in [-0.2, 0) is 0 Å². The van der Waals surface area contributed by atoms with Crippen LogP contribution in [0.4, 0.5) is 50.6 Å². The smallest absolute Gasteiger partial charge is 0.363 e. The third kappa shape index (κ3) is 4.55. The van der Waals surface area contributed by atoms with E-state index >= 15 is 0 Å². The van der Waals surface area contributed by atoms with Gasteiger partial charge in [0.2, 0.25) is 0 Å². The van der Waals surface area contributed by atoms with Crippen LogP contribution in [0, 0.1) is 11.6 Å². The molecule has 0 fully saturated rings. The fourth-order valence-electron chi connectivity index (χ4n) is 2.86. The number of aromatic nitrogens is 3. The van der Waals surface area contributed by atoms with E-state index < -0.39 is 29.3 Å². The first-order valence-electron chi connectivity index (χ1n) is 8.81. The van der Waals surface area contributed by atoms with Crippen LogP contribution in [0.2, 0.25) is 0 Å². The van der Waals surface area contributed by atoms with Crippen molar-refractivity contribution < 1.29 is 22.0 Å². The predicted octanol–water partition coefficient (Wildman–Crippen LogP) is 4.98. The molecule has 0 bridgehead atoms. The summed E-state index contributed by atoms with van der Waals surface area (Å²) in [7, 11) is 0. The van der Waals surface area contributed by atoms with Crippen molar-refractivity contribution in [2.75, 3.05) is 33.1 Å². The zero-order chi connectivity index (χ0) is 22.0. The SMILES string of the molecule is Fc1ccc(NSCC(F)(F)F)c(F)c1Nc1ncccc1-c1ncnc2c1NCN2. The minimum Gasteiger partial charge on any atom is -0.363 e. The zero-order valence-electron chi connectivity index (χ0n) is 15.5. The molecule has 31 heavy (non-hydrogen) atoms. The highest BCUT2D eigenvalue weighted by atomic mass is 32.2. The molecule has 7 nitrogen and oxygen atoms in total. The van der Waals surface area contributed by atoms with Crippen molar-refractivity contribution in [2.24, 2.45) is 0 Å². The summed E-state index contributed by atoms with van der Waals surface area (Å²) in [4.78, 5) is 12.5. The van der Waals surface area contributed by atoms with Crippen molar-refractivity contribution in [1.29, 1.82) is 0 Å².